The molecule has 0 aliphatic heterocycles. The van der Waals surface area contributed by atoms with E-state index in [1.807, 2.05) is 6.92 Å². The van der Waals surface area contributed by atoms with Gasteiger partial charge in [-0.1, -0.05) is 44.1 Å². The lowest BCUT2D eigenvalue weighted by atomic mass is 9.49. The molecule has 0 radical (unpaired) electrons. The first-order valence-electron chi connectivity index (χ1n) is 12.6. The van der Waals surface area contributed by atoms with Gasteiger partial charge in [0.1, 0.15) is 12.2 Å². The summed E-state index contributed by atoms with van der Waals surface area (Å²) in [5.41, 5.74) is 2.37. The molecule has 190 valence electrons. The normalized spacial score (nSPS) is 40.4. The average Bonchev–Trinajstić information content (AvgIpc) is 3.16. The van der Waals surface area contributed by atoms with Gasteiger partial charge in [0.05, 0.1) is 20.3 Å². The molecule has 3 saturated carbocycles. The lowest BCUT2D eigenvalue weighted by Crippen LogP contribution is -2.54. The van der Waals surface area contributed by atoms with Crippen molar-refractivity contribution < 1.29 is 33.6 Å². The van der Waals surface area contributed by atoms with Gasteiger partial charge < -0.3 is 24.1 Å². The molecule has 0 heterocycles. The summed E-state index contributed by atoms with van der Waals surface area (Å²) in [6.07, 6.45) is 7.14. The summed E-state index contributed by atoms with van der Waals surface area (Å²) < 4.78 is 20.9. The Hall–Kier alpha value is -2.02. The van der Waals surface area contributed by atoms with Crippen LogP contribution < -0.4 is 0 Å². The molecule has 4 aliphatic carbocycles. The number of aliphatic hydroxyl groups excluding tert-OH is 1. The van der Waals surface area contributed by atoms with Gasteiger partial charge in [-0.2, -0.15) is 0 Å². The first-order chi connectivity index (χ1) is 16.1. The predicted molar refractivity (Wildman–Crippen MR) is 126 cm³/mol. The van der Waals surface area contributed by atoms with E-state index in [0.29, 0.717) is 24.7 Å². The number of aliphatic hydroxyl groups is 1. The van der Waals surface area contributed by atoms with E-state index in [9.17, 15) is 14.7 Å². The number of hydrogen-bond donors (Lipinski definition) is 1. The largest absolute Gasteiger partial charge is 0.508 e. The number of methoxy groups -OCH3 is 2. The van der Waals surface area contributed by atoms with Gasteiger partial charge >= 0.3 is 12.3 Å². The fourth-order valence-corrected chi connectivity index (χ4v) is 7.85. The van der Waals surface area contributed by atoms with Gasteiger partial charge in [-0.15, -0.1) is 0 Å². The summed E-state index contributed by atoms with van der Waals surface area (Å²) in [6.45, 7) is 8.71. The van der Waals surface area contributed by atoms with Crippen LogP contribution in [0.15, 0.2) is 23.3 Å². The summed E-state index contributed by atoms with van der Waals surface area (Å²) >= 11 is 0. The highest BCUT2D eigenvalue weighted by Crippen LogP contribution is 2.66. The summed E-state index contributed by atoms with van der Waals surface area (Å²) in [7, 11) is 2.60. The minimum absolute atomic E-state index is 0.157. The molecular formula is C27H40O7. The molecule has 1 N–H and O–H groups in total. The maximum Gasteiger partial charge on any atom is 0.508 e. The van der Waals surface area contributed by atoms with Crippen LogP contribution in [0, 0.1) is 34.5 Å². The van der Waals surface area contributed by atoms with E-state index in [1.165, 1.54) is 19.8 Å². The van der Waals surface area contributed by atoms with Crippen molar-refractivity contribution in [1.29, 1.82) is 0 Å². The topological polar surface area (TPSA) is 91.3 Å². The Balaban J connectivity index is 1.68. The molecule has 0 aromatic carbocycles. The molecule has 0 spiro atoms. The molecule has 0 bridgehead atoms. The molecular weight excluding hydrogens is 436 g/mol. The minimum Gasteiger partial charge on any atom is -0.438 e. The Labute approximate surface area is 202 Å². The zero-order valence-electron chi connectivity index (χ0n) is 21.3. The van der Waals surface area contributed by atoms with Gasteiger partial charge in [-0.25, -0.2) is 9.59 Å². The van der Waals surface area contributed by atoms with E-state index >= 15 is 0 Å². The average molecular weight is 477 g/mol. The van der Waals surface area contributed by atoms with Gasteiger partial charge in [0.2, 0.25) is 0 Å². The van der Waals surface area contributed by atoms with E-state index < -0.39 is 24.5 Å². The molecule has 0 aromatic rings. The second-order valence-corrected chi connectivity index (χ2v) is 11.3. The fraction of sp³-hybridized carbons (Fsp3) is 0.778. The smallest absolute Gasteiger partial charge is 0.438 e. The lowest BCUT2D eigenvalue weighted by Gasteiger charge is -2.57. The Morgan fingerprint density at radius 3 is 2.32 bits per heavy atom. The van der Waals surface area contributed by atoms with Crippen molar-refractivity contribution in [2.24, 2.45) is 34.5 Å². The van der Waals surface area contributed by atoms with Gasteiger partial charge in [0.15, 0.2) is 0 Å². The number of carbonyl (C=O) groups excluding carboxylic acids is 2. The zero-order valence-corrected chi connectivity index (χ0v) is 21.3. The molecule has 0 aromatic heterocycles. The number of fused-ring (bicyclic) bond motifs is 5. The molecule has 4 aliphatic rings. The zero-order chi connectivity index (χ0) is 24.8. The van der Waals surface area contributed by atoms with Gasteiger partial charge in [0.25, 0.3) is 0 Å². The van der Waals surface area contributed by atoms with E-state index in [-0.39, 0.29) is 28.8 Å². The van der Waals surface area contributed by atoms with Crippen LogP contribution in [0.25, 0.3) is 0 Å². The Morgan fingerprint density at radius 1 is 1.00 bits per heavy atom. The third-order valence-corrected chi connectivity index (χ3v) is 9.90. The van der Waals surface area contributed by atoms with Crippen LogP contribution in [-0.2, 0) is 18.9 Å². The molecule has 0 amide bonds. The van der Waals surface area contributed by atoms with Crippen LogP contribution in [0.4, 0.5) is 9.59 Å². The highest BCUT2D eigenvalue weighted by atomic mass is 16.7. The van der Waals surface area contributed by atoms with E-state index in [4.69, 9.17) is 18.9 Å². The number of carbonyl (C=O) groups is 2. The third-order valence-electron chi connectivity index (χ3n) is 9.90. The first-order valence-corrected chi connectivity index (χ1v) is 12.6. The van der Waals surface area contributed by atoms with Crippen LogP contribution in [0.5, 0.6) is 0 Å². The highest BCUT2D eigenvalue weighted by molar-refractivity contribution is 5.61. The monoisotopic (exact) mass is 476 g/mol. The standard InChI is InChI=1S/C27H40O7/c1-15(16(2)28)20-9-10-21-19-8-7-17-13-18(33-24(29)31-5)14-23(34-25(30)32-6)27(17,4)22(19)11-12-26(20,21)3/h7-8,15-16,18,20-23,28H,9-14H2,1-6H3/t15?,16?,18-,20-,21+,22+,23+,26-,27+/m1/s1. The summed E-state index contributed by atoms with van der Waals surface area (Å²) in [4.78, 5) is 24.0. The summed E-state index contributed by atoms with van der Waals surface area (Å²) in [5, 5.41) is 10.3. The van der Waals surface area contributed by atoms with Crippen LogP contribution in [0.2, 0.25) is 0 Å². The Morgan fingerprint density at radius 2 is 1.68 bits per heavy atom. The van der Waals surface area contributed by atoms with Crippen LogP contribution in [-0.4, -0.2) is 49.9 Å². The lowest BCUT2D eigenvalue weighted by molar-refractivity contribution is -0.0839. The minimum atomic E-state index is -0.726. The van der Waals surface area contributed by atoms with Crippen LogP contribution in [0.1, 0.15) is 66.2 Å². The quantitative estimate of drug-likeness (QED) is 0.542. The molecule has 4 rings (SSSR count). The summed E-state index contributed by atoms with van der Waals surface area (Å²) in [6, 6.07) is 0. The molecule has 3 fully saturated rings. The number of rotatable bonds is 4. The third kappa shape index (κ3) is 3.94. The van der Waals surface area contributed by atoms with Crippen molar-refractivity contribution in [3.05, 3.63) is 23.3 Å². The van der Waals surface area contributed by atoms with E-state index in [0.717, 1.165) is 31.3 Å². The number of allylic oxidation sites excluding steroid dienone is 3. The second kappa shape index (κ2) is 9.21. The van der Waals surface area contributed by atoms with Crippen molar-refractivity contribution in [3.8, 4) is 0 Å². The molecule has 7 heteroatoms. The fourth-order valence-electron chi connectivity index (χ4n) is 7.85. The van der Waals surface area contributed by atoms with Crippen LogP contribution in [0.3, 0.4) is 0 Å². The first kappa shape index (κ1) is 25.1. The molecule has 2 unspecified atom stereocenters. The highest BCUT2D eigenvalue weighted by Gasteiger charge is 2.60. The Bertz CT molecular complexity index is 876. The predicted octanol–water partition coefficient (Wildman–Crippen LogP) is 5.42. The van der Waals surface area contributed by atoms with Crippen molar-refractivity contribution in [2.75, 3.05) is 14.2 Å². The van der Waals surface area contributed by atoms with Crippen molar-refractivity contribution in [2.45, 2.75) is 84.5 Å². The van der Waals surface area contributed by atoms with E-state index in [2.05, 4.69) is 32.9 Å². The summed E-state index contributed by atoms with van der Waals surface area (Å²) in [5.74, 6) is 1.46. The van der Waals surface area contributed by atoms with Gasteiger partial charge in [-0.05, 0) is 61.7 Å². The second-order valence-electron chi connectivity index (χ2n) is 11.3. The van der Waals surface area contributed by atoms with Crippen LogP contribution >= 0.6 is 0 Å². The van der Waals surface area contributed by atoms with Crippen molar-refractivity contribution in [3.63, 3.8) is 0 Å². The maximum absolute atomic E-state index is 12.2. The molecule has 7 nitrogen and oxygen atoms in total. The number of ether oxygens (including phenoxy) is 4. The Kier molecular flexibility index (Phi) is 6.80. The van der Waals surface area contributed by atoms with Gasteiger partial charge in [-0.3, -0.25) is 0 Å². The SMILES string of the molecule is COC(=O)O[C@@H]1CC2=CC=C3[C@@H]4CC[C@H](C(C)C(C)O)[C@@]4(C)CC[C@@H]3[C@@]2(C)[C@@H](OC(=O)OC)C1. The molecule has 0 saturated heterocycles. The molecule has 34 heavy (non-hydrogen) atoms. The van der Waals surface area contributed by atoms with E-state index in [1.54, 1.807) is 0 Å². The molecule has 9 atom stereocenters. The number of hydrogen-bond acceptors (Lipinski definition) is 7. The van der Waals surface area contributed by atoms with Crippen molar-refractivity contribution >= 4 is 12.3 Å². The van der Waals surface area contributed by atoms with Gasteiger partial charge in [0, 0.05) is 18.3 Å². The van der Waals surface area contributed by atoms with Crippen molar-refractivity contribution in [1.82, 2.24) is 0 Å². The maximum atomic E-state index is 12.2.